The summed E-state index contributed by atoms with van der Waals surface area (Å²) in [6, 6.07) is 8.09. The number of alkyl halides is 1. The molecule has 0 saturated carbocycles. The highest BCUT2D eigenvalue weighted by molar-refractivity contribution is 5.57. The number of hydrogen-bond donors (Lipinski definition) is 2. The van der Waals surface area contributed by atoms with Gasteiger partial charge >= 0.3 is 0 Å². The highest BCUT2D eigenvalue weighted by atomic mass is 19.1. The minimum Gasteiger partial charge on any atom is -0.379 e. The molecular weight excluding hydrogens is 227 g/mol. The van der Waals surface area contributed by atoms with Gasteiger partial charge in [-0.2, -0.15) is 0 Å². The number of anilines is 1. The van der Waals surface area contributed by atoms with E-state index >= 15 is 4.39 Å². The minimum absolute atomic E-state index is 0.0835. The fourth-order valence-corrected chi connectivity index (χ4v) is 3.26. The van der Waals surface area contributed by atoms with Crippen LogP contribution in [0.2, 0.25) is 0 Å². The van der Waals surface area contributed by atoms with E-state index in [9.17, 15) is 0 Å². The van der Waals surface area contributed by atoms with Crippen LogP contribution in [0, 0.1) is 5.92 Å². The Kier molecular flexibility index (Phi) is 3.02. The zero-order chi connectivity index (χ0) is 12.6. The monoisotopic (exact) mass is 248 g/mol. The number of fused-ring (bicyclic) bond motifs is 1. The summed E-state index contributed by atoms with van der Waals surface area (Å²) in [7, 11) is 0. The lowest BCUT2D eigenvalue weighted by Crippen LogP contribution is -2.50. The molecule has 0 amide bonds. The molecule has 1 aromatic carbocycles. The van der Waals surface area contributed by atoms with E-state index in [4.69, 9.17) is 0 Å². The molecule has 1 aromatic rings. The van der Waals surface area contributed by atoms with Gasteiger partial charge in [0.25, 0.3) is 0 Å². The molecule has 3 rings (SSSR count). The molecule has 1 fully saturated rings. The van der Waals surface area contributed by atoms with Crippen LogP contribution in [0.5, 0.6) is 0 Å². The second kappa shape index (κ2) is 4.54. The predicted molar refractivity (Wildman–Crippen MR) is 72.7 cm³/mol. The predicted octanol–water partition coefficient (Wildman–Crippen LogP) is 2.75. The van der Waals surface area contributed by atoms with Crippen LogP contribution in [0.4, 0.5) is 10.1 Å². The van der Waals surface area contributed by atoms with Gasteiger partial charge in [0.2, 0.25) is 0 Å². The van der Waals surface area contributed by atoms with Crippen LogP contribution in [0.15, 0.2) is 24.3 Å². The van der Waals surface area contributed by atoms with E-state index in [-0.39, 0.29) is 12.0 Å². The lowest BCUT2D eigenvalue weighted by atomic mass is 9.79. The number of nitrogens with one attached hydrogen (secondary N) is 2. The molecule has 1 saturated heterocycles. The molecule has 2 N–H and O–H groups in total. The molecule has 0 aliphatic carbocycles. The second-order valence-electron chi connectivity index (χ2n) is 5.75. The Bertz CT molecular complexity index is 399. The van der Waals surface area contributed by atoms with Crippen molar-refractivity contribution in [3.63, 3.8) is 0 Å². The summed E-state index contributed by atoms with van der Waals surface area (Å²) < 4.78 is 15.1. The summed E-state index contributed by atoms with van der Waals surface area (Å²) >= 11 is 0. The third-order valence-electron chi connectivity index (χ3n) is 4.55. The lowest BCUT2D eigenvalue weighted by molar-refractivity contribution is 0.0643. The third-order valence-corrected chi connectivity index (χ3v) is 4.55. The van der Waals surface area contributed by atoms with Crippen LogP contribution < -0.4 is 10.6 Å². The van der Waals surface area contributed by atoms with E-state index in [0.29, 0.717) is 0 Å². The third kappa shape index (κ3) is 2.01. The number of rotatable bonds is 2. The largest absolute Gasteiger partial charge is 0.379 e. The topological polar surface area (TPSA) is 24.1 Å². The van der Waals surface area contributed by atoms with Crippen molar-refractivity contribution in [3.8, 4) is 0 Å². The first-order chi connectivity index (χ1) is 8.68. The summed E-state index contributed by atoms with van der Waals surface area (Å²) in [6.07, 6.45) is 2.89. The Morgan fingerprint density at radius 2 is 2.17 bits per heavy atom. The summed E-state index contributed by atoms with van der Waals surface area (Å²) in [5.74, 6) is 0.123. The number of benzene rings is 1. The quantitative estimate of drug-likeness (QED) is 0.841. The zero-order valence-electron chi connectivity index (χ0n) is 10.9. The fraction of sp³-hybridized carbons (Fsp3) is 0.600. The van der Waals surface area contributed by atoms with E-state index in [2.05, 4.69) is 16.7 Å². The molecule has 98 valence electrons. The molecule has 2 nitrogen and oxygen atoms in total. The highest BCUT2D eigenvalue weighted by Crippen LogP contribution is 2.38. The number of piperidine rings is 1. The molecular formula is C15H21FN2. The Hall–Kier alpha value is -1.09. The maximum atomic E-state index is 15.1. The van der Waals surface area contributed by atoms with E-state index in [1.165, 1.54) is 5.56 Å². The van der Waals surface area contributed by atoms with Crippen molar-refractivity contribution in [1.29, 1.82) is 0 Å². The first-order valence-electron chi connectivity index (χ1n) is 6.92. The molecule has 3 heteroatoms. The lowest BCUT2D eigenvalue weighted by Gasteiger charge is -2.38. The van der Waals surface area contributed by atoms with Crippen molar-refractivity contribution >= 4 is 5.69 Å². The van der Waals surface area contributed by atoms with Crippen LogP contribution in [-0.4, -0.2) is 24.8 Å². The molecule has 2 aliphatic rings. The van der Waals surface area contributed by atoms with Gasteiger partial charge in [-0.05, 0) is 44.4 Å². The van der Waals surface area contributed by atoms with Crippen molar-refractivity contribution in [3.05, 3.63) is 29.8 Å². The Morgan fingerprint density at radius 1 is 1.33 bits per heavy atom. The molecule has 2 heterocycles. The van der Waals surface area contributed by atoms with E-state index < -0.39 is 5.67 Å². The number of hydrogen-bond acceptors (Lipinski definition) is 2. The molecule has 0 aromatic heterocycles. The van der Waals surface area contributed by atoms with Gasteiger partial charge in [-0.15, -0.1) is 0 Å². The maximum absolute atomic E-state index is 15.1. The van der Waals surface area contributed by atoms with Crippen molar-refractivity contribution < 1.29 is 4.39 Å². The summed E-state index contributed by atoms with van der Waals surface area (Å²) in [5, 5.41) is 6.69. The van der Waals surface area contributed by atoms with Gasteiger partial charge in [-0.25, -0.2) is 4.39 Å². The Balaban J connectivity index is 1.76. The summed E-state index contributed by atoms with van der Waals surface area (Å²) in [6.45, 7) is 3.61. The fourth-order valence-electron chi connectivity index (χ4n) is 3.26. The molecule has 3 atom stereocenters. The molecule has 0 bridgehead atoms. The van der Waals surface area contributed by atoms with Crippen molar-refractivity contribution in [1.82, 2.24) is 5.32 Å². The highest BCUT2D eigenvalue weighted by Gasteiger charge is 2.44. The van der Waals surface area contributed by atoms with Gasteiger partial charge in [-0.3, -0.25) is 0 Å². The smallest absolute Gasteiger partial charge is 0.132 e. The van der Waals surface area contributed by atoms with E-state index in [1.54, 1.807) is 6.92 Å². The Morgan fingerprint density at radius 3 is 2.89 bits per heavy atom. The first kappa shape index (κ1) is 12.0. The van der Waals surface area contributed by atoms with Crippen molar-refractivity contribution in [2.45, 2.75) is 37.9 Å². The minimum atomic E-state index is -1.15. The van der Waals surface area contributed by atoms with Gasteiger partial charge in [0.15, 0.2) is 0 Å². The van der Waals surface area contributed by atoms with Crippen molar-refractivity contribution in [2.24, 2.45) is 5.92 Å². The first-order valence-corrected chi connectivity index (χ1v) is 6.92. The van der Waals surface area contributed by atoms with Gasteiger partial charge in [0.1, 0.15) is 5.67 Å². The van der Waals surface area contributed by atoms with E-state index in [0.717, 1.165) is 38.0 Å². The van der Waals surface area contributed by atoms with Crippen LogP contribution in [0.1, 0.15) is 25.3 Å². The molecule has 2 aliphatic heterocycles. The molecule has 0 spiro atoms. The second-order valence-corrected chi connectivity index (χ2v) is 5.75. The average Bonchev–Trinajstić information content (AvgIpc) is 2.84. The average molecular weight is 248 g/mol. The Labute approximate surface area is 108 Å². The zero-order valence-corrected chi connectivity index (χ0v) is 10.9. The number of halogens is 1. The van der Waals surface area contributed by atoms with Gasteiger partial charge < -0.3 is 10.6 Å². The van der Waals surface area contributed by atoms with E-state index in [1.807, 2.05) is 18.2 Å². The van der Waals surface area contributed by atoms with Gasteiger partial charge in [0, 0.05) is 18.2 Å². The summed E-state index contributed by atoms with van der Waals surface area (Å²) in [5.41, 5.74) is 1.21. The van der Waals surface area contributed by atoms with Gasteiger partial charge in [0.05, 0.1) is 6.04 Å². The van der Waals surface area contributed by atoms with Crippen LogP contribution in [-0.2, 0) is 6.42 Å². The molecule has 3 unspecified atom stereocenters. The molecule has 0 radical (unpaired) electrons. The van der Waals surface area contributed by atoms with Crippen molar-refractivity contribution in [2.75, 3.05) is 18.4 Å². The maximum Gasteiger partial charge on any atom is 0.132 e. The normalized spacial score (nSPS) is 30.3. The van der Waals surface area contributed by atoms with Crippen LogP contribution in [0.25, 0.3) is 0 Å². The molecule has 18 heavy (non-hydrogen) atoms. The SMILES string of the molecule is CC(F)(C1CCCNC1)C1Cc2ccccc2N1. The standard InChI is InChI=1S/C15H21FN2/c1-15(16,12-6-4-8-17-10-12)14-9-11-5-2-3-7-13(11)18-14/h2-3,5,7,12,14,17-18H,4,6,8-10H2,1H3. The number of para-hydroxylation sites is 1. The summed E-state index contributed by atoms with van der Waals surface area (Å²) in [4.78, 5) is 0. The van der Waals surface area contributed by atoms with Crippen LogP contribution >= 0.6 is 0 Å². The van der Waals surface area contributed by atoms with Crippen LogP contribution in [0.3, 0.4) is 0 Å². The van der Waals surface area contributed by atoms with Gasteiger partial charge in [-0.1, -0.05) is 18.2 Å².